The zero-order valence-electron chi connectivity index (χ0n) is 11.6. The van der Waals surface area contributed by atoms with Crippen molar-refractivity contribution in [3.63, 3.8) is 0 Å². The number of aryl methyl sites for hydroxylation is 1. The Morgan fingerprint density at radius 1 is 1.24 bits per heavy atom. The molecular formula is C15H16ClF3O2. The highest BCUT2D eigenvalue weighted by Gasteiger charge is 2.27. The molecule has 0 unspecified atom stereocenters. The fourth-order valence-corrected chi connectivity index (χ4v) is 1.60. The first-order valence-electron chi connectivity index (χ1n) is 6.35. The van der Waals surface area contributed by atoms with Gasteiger partial charge in [-0.05, 0) is 30.7 Å². The summed E-state index contributed by atoms with van der Waals surface area (Å²) in [6, 6.07) is 5.42. The van der Waals surface area contributed by atoms with Crippen molar-refractivity contribution in [1.82, 2.24) is 0 Å². The topological polar surface area (TPSA) is 18.5 Å². The highest BCUT2D eigenvalue weighted by atomic mass is 35.5. The number of hydrogen-bond acceptors (Lipinski definition) is 2. The van der Waals surface area contributed by atoms with Gasteiger partial charge in [0.15, 0.2) is 0 Å². The van der Waals surface area contributed by atoms with E-state index in [4.69, 9.17) is 16.3 Å². The summed E-state index contributed by atoms with van der Waals surface area (Å²) in [6.45, 7) is 0.985. The fraction of sp³-hybridized carbons (Fsp3) is 0.467. The van der Waals surface area contributed by atoms with Gasteiger partial charge in [0.25, 0.3) is 0 Å². The lowest BCUT2D eigenvalue weighted by Gasteiger charge is -2.09. The van der Waals surface area contributed by atoms with Gasteiger partial charge in [0.1, 0.15) is 12.4 Å². The lowest BCUT2D eigenvalue weighted by Crippen LogP contribution is -2.18. The minimum absolute atomic E-state index is 0.0117. The smallest absolute Gasteiger partial charge is 0.411 e. The van der Waals surface area contributed by atoms with Gasteiger partial charge in [-0.15, -0.1) is 11.6 Å². The molecule has 0 radical (unpaired) electrons. The summed E-state index contributed by atoms with van der Waals surface area (Å²) in [4.78, 5) is 0. The molecule has 0 aliphatic heterocycles. The van der Waals surface area contributed by atoms with Crippen LogP contribution in [0.1, 0.15) is 17.5 Å². The molecular weight excluding hydrogens is 305 g/mol. The van der Waals surface area contributed by atoms with Crippen LogP contribution in [-0.2, 0) is 4.74 Å². The summed E-state index contributed by atoms with van der Waals surface area (Å²) >= 11 is 5.49. The van der Waals surface area contributed by atoms with Crippen LogP contribution in [0.25, 0.3) is 0 Å². The van der Waals surface area contributed by atoms with Gasteiger partial charge in [0.05, 0.1) is 19.1 Å². The third kappa shape index (κ3) is 7.84. The molecule has 0 atom stereocenters. The minimum Gasteiger partial charge on any atom is -0.493 e. The summed E-state index contributed by atoms with van der Waals surface area (Å²) in [5, 5.41) is 0. The highest BCUT2D eigenvalue weighted by Crippen LogP contribution is 2.17. The molecule has 116 valence electrons. The summed E-state index contributed by atoms with van der Waals surface area (Å²) in [5.41, 5.74) is 1.83. The molecule has 1 rings (SSSR count). The van der Waals surface area contributed by atoms with Gasteiger partial charge < -0.3 is 9.47 Å². The Bertz CT molecular complexity index is 504. The first-order valence-corrected chi connectivity index (χ1v) is 6.88. The molecule has 2 nitrogen and oxygen atoms in total. The van der Waals surface area contributed by atoms with Crippen LogP contribution in [0, 0.1) is 18.8 Å². The first-order chi connectivity index (χ1) is 9.92. The maximum atomic E-state index is 11.8. The Morgan fingerprint density at radius 2 is 2.00 bits per heavy atom. The molecule has 1 aromatic carbocycles. The molecule has 0 spiro atoms. The van der Waals surface area contributed by atoms with E-state index in [-0.39, 0.29) is 12.5 Å². The third-order valence-electron chi connectivity index (χ3n) is 2.46. The van der Waals surface area contributed by atoms with Crippen LogP contribution >= 0.6 is 11.6 Å². The van der Waals surface area contributed by atoms with Crippen LogP contribution < -0.4 is 4.74 Å². The molecule has 0 bridgehead atoms. The quantitative estimate of drug-likeness (QED) is 0.449. The van der Waals surface area contributed by atoms with Crippen molar-refractivity contribution in [2.75, 3.05) is 25.7 Å². The standard InChI is InChI=1S/C15H16ClF3O2/c1-12-10-14(6-5-13(12)4-2-7-16)21-9-3-8-20-11-15(17,18)19/h5-6,10H,3,7-9,11H2,1H3. The maximum Gasteiger partial charge on any atom is 0.411 e. The average molecular weight is 321 g/mol. The number of halogens is 4. The number of hydrogen-bond donors (Lipinski definition) is 0. The van der Waals surface area contributed by atoms with Gasteiger partial charge in [0.2, 0.25) is 0 Å². The summed E-state index contributed by atoms with van der Waals surface area (Å²) in [6.07, 6.45) is -3.89. The van der Waals surface area contributed by atoms with Crippen LogP contribution in [0.4, 0.5) is 13.2 Å². The van der Waals surface area contributed by atoms with E-state index in [1.807, 2.05) is 19.1 Å². The molecule has 1 aromatic rings. The first kappa shape index (κ1) is 17.7. The van der Waals surface area contributed by atoms with Crippen molar-refractivity contribution < 1.29 is 22.6 Å². The fourth-order valence-electron chi connectivity index (χ4n) is 1.53. The van der Waals surface area contributed by atoms with Gasteiger partial charge >= 0.3 is 6.18 Å². The number of alkyl halides is 4. The van der Waals surface area contributed by atoms with E-state index in [9.17, 15) is 13.2 Å². The van der Waals surface area contributed by atoms with Crippen molar-refractivity contribution in [1.29, 1.82) is 0 Å². The average Bonchev–Trinajstić information content (AvgIpc) is 2.40. The SMILES string of the molecule is Cc1cc(OCCCOCC(F)(F)F)ccc1C#CCCl. The van der Waals surface area contributed by atoms with Crippen LogP contribution in [-0.4, -0.2) is 31.9 Å². The molecule has 0 saturated heterocycles. The van der Waals surface area contributed by atoms with E-state index in [0.29, 0.717) is 18.8 Å². The van der Waals surface area contributed by atoms with Crippen LogP contribution in [0.3, 0.4) is 0 Å². The predicted molar refractivity (Wildman–Crippen MR) is 75.8 cm³/mol. The number of benzene rings is 1. The van der Waals surface area contributed by atoms with Gasteiger partial charge in [-0.1, -0.05) is 11.8 Å². The van der Waals surface area contributed by atoms with Gasteiger partial charge in [0, 0.05) is 12.0 Å². The molecule has 0 amide bonds. The van der Waals surface area contributed by atoms with E-state index in [1.165, 1.54) is 0 Å². The minimum atomic E-state index is -4.28. The van der Waals surface area contributed by atoms with Crippen molar-refractivity contribution in [3.05, 3.63) is 29.3 Å². The summed E-state index contributed by atoms with van der Waals surface area (Å²) in [7, 11) is 0. The van der Waals surface area contributed by atoms with Crippen LogP contribution in [0.2, 0.25) is 0 Å². The molecule has 6 heteroatoms. The second-order valence-electron chi connectivity index (χ2n) is 4.28. The van der Waals surface area contributed by atoms with Crippen molar-refractivity contribution in [2.24, 2.45) is 0 Å². The molecule has 0 aliphatic carbocycles. The molecule has 0 fully saturated rings. The van der Waals surface area contributed by atoms with E-state index in [0.717, 1.165) is 11.1 Å². The van der Waals surface area contributed by atoms with E-state index >= 15 is 0 Å². The van der Waals surface area contributed by atoms with E-state index < -0.39 is 12.8 Å². The van der Waals surface area contributed by atoms with E-state index in [2.05, 4.69) is 16.6 Å². The molecule has 0 N–H and O–H groups in total. The van der Waals surface area contributed by atoms with Gasteiger partial charge in [-0.3, -0.25) is 0 Å². The lowest BCUT2D eigenvalue weighted by atomic mass is 10.1. The number of rotatable bonds is 6. The maximum absolute atomic E-state index is 11.8. The van der Waals surface area contributed by atoms with Crippen molar-refractivity contribution in [2.45, 2.75) is 19.5 Å². The normalized spacial score (nSPS) is 10.9. The molecule has 0 aliphatic rings. The second-order valence-corrected chi connectivity index (χ2v) is 4.55. The Morgan fingerprint density at radius 3 is 2.62 bits per heavy atom. The molecule has 0 saturated carbocycles. The Balaban J connectivity index is 2.31. The van der Waals surface area contributed by atoms with E-state index in [1.54, 1.807) is 6.07 Å². The van der Waals surface area contributed by atoms with Crippen LogP contribution in [0.5, 0.6) is 5.75 Å². The summed E-state index contributed by atoms with van der Waals surface area (Å²) in [5.74, 6) is 6.62. The van der Waals surface area contributed by atoms with Gasteiger partial charge in [-0.25, -0.2) is 0 Å². The zero-order valence-corrected chi connectivity index (χ0v) is 12.4. The van der Waals surface area contributed by atoms with Crippen molar-refractivity contribution >= 4 is 11.6 Å². The lowest BCUT2D eigenvalue weighted by molar-refractivity contribution is -0.174. The molecule has 21 heavy (non-hydrogen) atoms. The van der Waals surface area contributed by atoms with Crippen molar-refractivity contribution in [3.8, 4) is 17.6 Å². The predicted octanol–water partition coefficient (Wildman–Crippen LogP) is 3.93. The highest BCUT2D eigenvalue weighted by molar-refractivity contribution is 6.19. The zero-order chi connectivity index (χ0) is 15.7. The monoisotopic (exact) mass is 320 g/mol. The summed E-state index contributed by atoms with van der Waals surface area (Å²) < 4.78 is 45.4. The number of ether oxygens (including phenoxy) is 2. The Kier molecular flexibility index (Phi) is 7.41. The van der Waals surface area contributed by atoms with Crippen LogP contribution in [0.15, 0.2) is 18.2 Å². The Labute approximate surface area is 127 Å². The molecule has 0 heterocycles. The Hall–Kier alpha value is -1.38. The third-order valence-corrected chi connectivity index (χ3v) is 2.59. The van der Waals surface area contributed by atoms with Gasteiger partial charge in [-0.2, -0.15) is 13.2 Å². The second kappa shape index (κ2) is 8.81. The molecule has 0 aromatic heterocycles. The largest absolute Gasteiger partial charge is 0.493 e.